The second kappa shape index (κ2) is 11.5. The number of nitrogens with zero attached hydrogens (tertiary/aromatic N) is 2. The van der Waals surface area contributed by atoms with E-state index in [0.717, 1.165) is 15.1 Å². The summed E-state index contributed by atoms with van der Waals surface area (Å²) in [6.45, 7) is 3.37. The van der Waals surface area contributed by atoms with Crippen LogP contribution in [0.25, 0.3) is 4.13 Å². The molecule has 2 aliphatic rings. The van der Waals surface area contributed by atoms with Crippen molar-refractivity contribution in [3.63, 3.8) is 0 Å². The van der Waals surface area contributed by atoms with Crippen molar-refractivity contribution in [2.45, 2.75) is 42.4 Å². The molecule has 0 N–H and O–H groups in total. The quantitative estimate of drug-likeness (QED) is 0.276. The van der Waals surface area contributed by atoms with E-state index in [9.17, 15) is 43.2 Å². The highest BCUT2D eigenvalue weighted by molar-refractivity contribution is 8.13. The van der Waals surface area contributed by atoms with Crippen molar-refractivity contribution >= 4 is 32.6 Å². The summed E-state index contributed by atoms with van der Waals surface area (Å²) in [7, 11) is -11.0. The SMILES string of the molecule is Cc1ccccc1B1OC(c2ccccc2)(c2ccccc2)[C@@H]2CCC[N@+]12C.O=S(=O)([N-]S(=O)(=O)C(F)(F)F)C(F)(F)F. The Morgan fingerprint density at radius 2 is 1.23 bits per heavy atom. The summed E-state index contributed by atoms with van der Waals surface area (Å²) in [6.07, 6.45) is 2.43. The van der Waals surface area contributed by atoms with Gasteiger partial charge in [0.25, 0.3) is 0 Å². The van der Waals surface area contributed by atoms with Crippen molar-refractivity contribution in [2.24, 2.45) is 0 Å². The first-order valence-corrected chi connectivity index (χ1v) is 15.8. The van der Waals surface area contributed by atoms with E-state index in [1.165, 1.54) is 35.0 Å². The highest BCUT2D eigenvalue weighted by Crippen LogP contribution is 2.52. The lowest BCUT2D eigenvalue weighted by atomic mass is 9.67. The number of aryl methyl sites for hydroxylation is 1. The molecule has 0 saturated carbocycles. The Bertz CT molecular complexity index is 1570. The molecule has 0 bridgehead atoms. The molecule has 5 rings (SSSR count). The van der Waals surface area contributed by atoms with Gasteiger partial charge in [0, 0.05) is 18.3 Å². The molecule has 2 fully saturated rings. The summed E-state index contributed by atoms with van der Waals surface area (Å²) in [5.41, 5.74) is -7.64. The number of sulfonamides is 2. The smallest absolute Gasteiger partial charge is 0.421 e. The van der Waals surface area contributed by atoms with Crippen LogP contribution < -0.4 is 5.46 Å². The van der Waals surface area contributed by atoms with Crippen LogP contribution >= 0.6 is 0 Å². The summed E-state index contributed by atoms with van der Waals surface area (Å²) < 4.78 is 117. The van der Waals surface area contributed by atoms with Crippen molar-refractivity contribution in [1.82, 2.24) is 0 Å². The Morgan fingerprint density at radius 3 is 1.67 bits per heavy atom. The Labute approximate surface area is 246 Å². The molecule has 2 heterocycles. The third-order valence-corrected chi connectivity index (χ3v) is 10.5. The maximum absolute atomic E-state index is 11.4. The zero-order valence-corrected chi connectivity index (χ0v) is 24.5. The molecule has 2 saturated heterocycles. The lowest BCUT2D eigenvalue weighted by Gasteiger charge is -2.38. The number of hydrogen-bond acceptors (Lipinski definition) is 5. The molecule has 2 atom stereocenters. The zero-order valence-electron chi connectivity index (χ0n) is 22.9. The maximum Gasteiger partial charge on any atom is 0.612 e. The highest BCUT2D eigenvalue weighted by atomic mass is 32.3. The molecule has 232 valence electrons. The predicted molar refractivity (Wildman–Crippen MR) is 149 cm³/mol. The third-order valence-electron chi connectivity index (χ3n) is 7.77. The van der Waals surface area contributed by atoms with E-state index in [1.807, 2.05) is 0 Å². The second-order valence-electron chi connectivity index (χ2n) is 10.4. The average Bonchev–Trinajstić information content (AvgIpc) is 3.43. The lowest BCUT2D eigenvalue weighted by molar-refractivity contribution is -0.815. The van der Waals surface area contributed by atoms with Gasteiger partial charge in [-0.3, -0.25) is 0 Å². The highest BCUT2D eigenvalue weighted by Gasteiger charge is 2.69. The topological polar surface area (TPSA) is 91.6 Å². The Kier molecular flexibility index (Phi) is 8.85. The monoisotopic (exact) mass is 648 g/mol. The zero-order chi connectivity index (χ0) is 31.9. The molecule has 0 amide bonds. The van der Waals surface area contributed by atoms with Crippen LogP contribution in [-0.4, -0.2) is 58.9 Å². The fraction of sp³-hybridized carbons (Fsp3) is 0.333. The fourth-order valence-electron chi connectivity index (χ4n) is 5.87. The first-order valence-electron chi connectivity index (χ1n) is 12.9. The number of fused-ring (bicyclic) bond motifs is 1. The number of quaternary nitrogens is 1. The van der Waals surface area contributed by atoms with Crippen LogP contribution in [0.5, 0.6) is 0 Å². The molecule has 0 unspecified atom stereocenters. The second-order valence-corrected chi connectivity index (χ2v) is 13.9. The molecule has 3 aromatic carbocycles. The molecule has 3 aromatic rings. The van der Waals surface area contributed by atoms with Gasteiger partial charge in [-0.2, -0.15) is 26.3 Å². The van der Waals surface area contributed by atoms with Crippen LogP contribution in [-0.2, 0) is 30.3 Å². The standard InChI is InChI=1S/C25H27BNO.C2F6NO4S2/c1-20-12-9-10-17-23(20)26-27(2)19-11-18-24(27)25(28-26,21-13-5-3-6-14-21)22-15-7-4-8-16-22;3-1(4,5)14(10,11)9-15(12,13)2(6,7)8/h3-10,12-17,24H,11,18-19H2,1-2H3;/q+1;-1/t24-,27-;/m0./s1. The Hall–Kier alpha value is -2.92. The van der Waals surface area contributed by atoms with E-state index in [1.54, 1.807) is 0 Å². The van der Waals surface area contributed by atoms with Crippen molar-refractivity contribution in [3.05, 3.63) is 106 Å². The van der Waals surface area contributed by atoms with Gasteiger partial charge < -0.3 is 13.2 Å². The molecule has 0 radical (unpaired) electrons. The molecule has 0 aliphatic carbocycles. The maximum atomic E-state index is 11.4. The van der Waals surface area contributed by atoms with Crippen LogP contribution in [0.1, 0.15) is 29.5 Å². The minimum atomic E-state index is -6.72. The van der Waals surface area contributed by atoms with Crippen LogP contribution in [0.3, 0.4) is 0 Å². The predicted octanol–water partition coefficient (Wildman–Crippen LogP) is 5.33. The summed E-state index contributed by atoms with van der Waals surface area (Å²) in [6, 6.07) is 30.9. The minimum absolute atomic E-state index is 0.0501. The van der Waals surface area contributed by atoms with E-state index >= 15 is 0 Å². The molecule has 2 aliphatic heterocycles. The number of rotatable bonds is 5. The van der Waals surface area contributed by atoms with Crippen molar-refractivity contribution in [2.75, 3.05) is 13.6 Å². The first-order chi connectivity index (χ1) is 19.9. The molecule has 43 heavy (non-hydrogen) atoms. The van der Waals surface area contributed by atoms with Crippen LogP contribution in [0.15, 0.2) is 84.9 Å². The molecular formula is C27H27BF6N2O5S2. The van der Waals surface area contributed by atoms with Crippen LogP contribution in [0.2, 0.25) is 0 Å². The van der Waals surface area contributed by atoms with Crippen molar-refractivity contribution in [1.29, 1.82) is 0 Å². The van der Waals surface area contributed by atoms with E-state index < -0.39 is 36.7 Å². The van der Waals surface area contributed by atoms with Gasteiger partial charge >= 0.3 is 18.1 Å². The summed E-state index contributed by atoms with van der Waals surface area (Å²) in [4.78, 5) is 0. The lowest BCUT2D eigenvalue weighted by Crippen LogP contribution is -2.60. The molecule has 0 spiro atoms. The molecule has 7 nitrogen and oxygen atoms in total. The van der Waals surface area contributed by atoms with Gasteiger partial charge in [-0.25, -0.2) is 16.8 Å². The number of halogens is 6. The van der Waals surface area contributed by atoms with E-state index in [2.05, 4.69) is 98.9 Å². The van der Waals surface area contributed by atoms with Gasteiger partial charge in [0.15, 0.2) is 25.6 Å². The molecule has 16 heteroatoms. The summed E-state index contributed by atoms with van der Waals surface area (Å²) in [5.74, 6) is 0. The van der Waals surface area contributed by atoms with Crippen molar-refractivity contribution < 1.29 is 52.2 Å². The normalized spacial score (nSPS) is 22.0. The number of hydrogen-bond donors (Lipinski definition) is 0. The van der Waals surface area contributed by atoms with Crippen molar-refractivity contribution in [3.8, 4) is 0 Å². The number of benzene rings is 3. The van der Waals surface area contributed by atoms with E-state index in [4.69, 9.17) is 4.65 Å². The van der Waals surface area contributed by atoms with Gasteiger partial charge in [0.2, 0.25) is 0 Å². The minimum Gasteiger partial charge on any atom is -0.421 e. The summed E-state index contributed by atoms with van der Waals surface area (Å²) >= 11 is 0. The van der Waals surface area contributed by atoms with Crippen LogP contribution in [0, 0.1) is 6.92 Å². The largest absolute Gasteiger partial charge is 0.612 e. The Balaban J connectivity index is 0.000000242. The molecule has 0 aromatic heterocycles. The average molecular weight is 648 g/mol. The number of alkyl halides is 6. The van der Waals surface area contributed by atoms with Crippen LogP contribution in [0.4, 0.5) is 26.3 Å². The fourth-order valence-corrected chi connectivity index (χ4v) is 7.58. The van der Waals surface area contributed by atoms with Gasteiger partial charge in [-0.15, -0.1) is 0 Å². The Morgan fingerprint density at radius 1 is 0.791 bits per heavy atom. The first kappa shape index (κ1) is 33.0. The van der Waals surface area contributed by atoms with Gasteiger partial charge in [0.1, 0.15) is 6.04 Å². The van der Waals surface area contributed by atoms with Gasteiger partial charge in [-0.1, -0.05) is 84.9 Å². The van der Waals surface area contributed by atoms with Gasteiger partial charge in [0.05, 0.1) is 13.6 Å². The summed E-state index contributed by atoms with van der Waals surface area (Å²) in [5, 5.41) is 0. The van der Waals surface area contributed by atoms with Gasteiger partial charge in [-0.05, 0) is 23.6 Å². The van der Waals surface area contributed by atoms with E-state index in [0.29, 0.717) is 6.04 Å². The third kappa shape index (κ3) is 6.07. The van der Waals surface area contributed by atoms with E-state index in [-0.39, 0.29) is 7.05 Å². The molecular weight excluding hydrogens is 621 g/mol. The number of likely N-dealkylation sites (N-methyl/N-ethyl adjacent to an activating group) is 1.